The lowest BCUT2D eigenvalue weighted by molar-refractivity contribution is 0.564. The van der Waals surface area contributed by atoms with E-state index in [1.165, 1.54) is 5.56 Å². The van der Waals surface area contributed by atoms with Crippen LogP contribution >= 0.6 is 23.1 Å². The summed E-state index contributed by atoms with van der Waals surface area (Å²) in [7, 11) is 0. The molecule has 0 saturated carbocycles. The number of tetrazole rings is 1. The number of thioether (sulfide) groups is 1. The molecule has 0 aliphatic rings. The van der Waals surface area contributed by atoms with Crippen LogP contribution in [0.4, 0.5) is 0 Å². The highest BCUT2D eigenvalue weighted by Gasteiger charge is 2.17. The maximum Gasteiger partial charge on any atom is 0.192 e. The van der Waals surface area contributed by atoms with Gasteiger partial charge in [0.1, 0.15) is 0 Å². The summed E-state index contributed by atoms with van der Waals surface area (Å²) in [6, 6.07) is 14.5. The molecule has 0 atom stereocenters. The number of aryl methyl sites for hydroxylation is 1. The molecular formula is C18H19N7S2. The van der Waals surface area contributed by atoms with Gasteiger partial charge in [0.05, 0.1) is 17.2 Å². The number of thiophene rings is 1. The molecule has 0 aliphatic carbocycles. The Bertz CT molecular complexity index is 977. The monoisotopic (exact) mass is 397 g/mol. The quantitative estimate of drug-likeness (QED) is 0.422. The second-order valence-electron chi connectivity index (χ2n) is 5.96. The number of aromatic nitrogens is 7. The van der Waals surface area contributed by atoms with Gasteiger partial charge in [0.15, 0.2) is 16.8 Å². The van der Waals surface area contributed by atoms with Gasteiger partial charge in [0.25, 0.3) is 0 Å². The summed E-state index contributed by atoms with van der Waals surface area (Å²) in [4.78, 5) is 1.11. The molecule has 1 aromatic carbocycles. The van der Waals surface area contributed by atoms with Gasteiger partial charge in [-0.2, -0.15) is 0 Å². The standard InChI is InChI=1S/C18H19N7S2/c1-2-10-25-16(19-22-23-25)13-27-18-21-20-17(15-9-6-11-26-15)24(18)12-14-7-4-3-5-8-14/h3-9,11H,2,10,12-13H2,1H3. The minimum absolute atomic E-state index is 0.657. The van der Waals surface area contributed by atoms with Crippen molar-refractivity contribution in [2.24, 2.45) is 0 Å². The largest absolute Gasteiger partial charge is 0.297 e. The van der Waals surface area contributed by atoms with Gasteiger partial charge >= 0.3 is 0 Å². The molecule has 0 spiro atoms. The van der Waals surface area contributed by atoms with Crippen LogP contribution in [-0.2, 0) is 18.8 Å². The Labute approximate surface area is 165 Å². The first-order chi connectivity index (χ1) is 13.3. The summed E-state index contributed by atoms with van der Waals surface area (Å²) in [5, 5.41) is 23.8. The minimum Gasteiger partial charge on any atom is -0.297 e. The molecule has 0 N–H and O–H groups in total. The average molecular weight is 398 g/mol. The first-order valence-electron chi connectivity index (χ1n) is 8.74. The van der Waals surface area contributed by atoms with Gasteiger partial charge in [-0.25, -0.2) is 4.68 Å². The molecule has 9 heteroatoms. The second kappa shape index (κ2) is 8.45. The number of hydrogen-bond acceptors (Lipinski definition) is 7. The lowest BCUT2D eigenvalue weighted by Gasteiger charge is -2.09. The van der Waals surface area contributed by atoms with Crippen LogP contribution in [0.3, 0.4) is 0 Å². The van der Waals surface area contributed by atoms with E-state index in [1.807, 2.05) is 16.8 Å². The zero-order chi connectivity index (χ0) is 18.5. The van der Waals surface area contributed by atoms with Crippen molar-refractivity contribution in [3.63, 3.8) is 0 Å². The van der Waals surface area contributed by atoms with Crippen molar-refractivity contribution in [3.8, 4) is 10.7 Å². The van der Waals surface area contributed by atoms with E-state index in [0.717, 1.165) is 41.2 Å². The molecule has 138 valence electrons. The summed E-state index contributed by atoms with van der Waals surface area (Å²) >= 11 is 3.28. The van der Waals surface area contributed by atoms with Crippen molar-refractivity contribution in [2.75, 3.05) is 0 Å². The fourth-order valence-corrected chi connectivity index (χ4v) is 4.32. The highest BCUT2D eigenvalue weighted by atomic mass is 32.2. The van der Waals surface area contributed by atoms with Gasteiger partial charge in [0.2, 0.25) is 0 Å². The predicted octanol–water partition coefficient (Wildman–Crippen LogP) is 3.74. The van der Waals surface area contributed by atoms with E-state index in [1.54, 1.807) is 23.1 Å². The predicted molar refractivity (Wildman–Crippen MR) is 107 cm³/mol. The van der Waals surface area contributed by atoms with E-state index >= 15 is 0 Å². The molecule has 0 fully saturated rings. The molecule has 0 amide bonds. The maximum atomic E-state index is 4.46. The Morgan fingerprint density at radius 2 is 1.93 bits per heavy atom. The van der Waals surface area contributed by atoms with Crippen molar-refractivity contribution in [1.29, 1.82) is 0 Å². The van der Waals surface area contributed by atoms with Crippen LogP contribution in [0.15, 0.2) is 53.0 Å². The fourth-order valence-electron chi connectivity index (χ4n) is 2.73. The van der Waals surface area contributed by atoms with Gasteiger partial charge in [0, 0.05) is 6.54 Å². The van der Waals surface area contributed by atoms with E-state index in [9.17, 15) is 0 Å². The summed E-state index contributed by atoms with van der Waals surface area (Å²) in [5.74, 6) is 2.41. The van der Waals surface area contributed by atoms with Crippen molar-refractivity contribution in [3.05, 3.63) is 59.2 Å². The highest BCUT2D eigenvalue weighted by Crippen LogP contribution is 2.29. The highest BCUT2D eigenvalue weighted by molar-refractivity contribution is 7.98. The third kappa shape index (κ3) is 4.09. The van der Waals surface area contributed by atoms with Gasteiger partial charge in [-0.15, -0.1) is 26.6 Å². The van der Waals surface area contributed by atoms with E-state index in [-0.39, 0.29) is 0 Å². The molecule has 4 rings (SSSR count). The Kier molecular flexibility index (Phi) is 5.59. The third-order valence-corrected chi connectivity index (χ3v) is 5.84. The third-order valence-electron chi connectivity index (χ3n) is 4.01. The van der Waals surface area contributed by atoms with Gasteiger partial charge in [-0.1, -0.05) is 55.1 Å². The molecular weight excluding hydrogens is 378 g/mol. The summed E-state index contributed by atoms with van der Waals surface area (Å²) < 4.78 is 4.02. The molecule has 7 nitrogen and oxygen atoms in total. The van der Waals surface area contributed by atoms with E-state index in [4.69, 9.17) is 0 Å². The lowest BCUT2D eigenvalue weighted by Crippen LogP contribution is -2.06. The van der Waals surface area contributed by atoms with Gasteiger partial charge in [-0.05, 0) is 33.9 Å². The number of rotatable bonds is 8. The molecule has 0 radical (unpaired) electrons. The molecule has 0 unspecified atom stereocenters. The molecule has 27 heavy (non-hydrogen) atoms. The Hall–Kier alpha value is -2.52. The molecule has 4 aromatic rings. The van der Waals surface area contributed by atoms with Crippen LogP contribution in [-0.4, -0.2) is 35.0 Å². The van der Waals surface area contributed by atoms with Crippen LogP contribution in [0, 0.1) is 0 Å². The normalized spacial score (nSPS) is 11.1. The maximum absolute atomic E-state index is 4.46. The topological polar surface area (TPSA) is 74.3 Å². The SMILES string of the molecule is CCCn1nnnc1CSc1nnc(-c2cccs2)n1Cc1ccccc1. The number of hydrogen-bond donors (Lipinski definition) is 0. The van der Waals surface area contributed by atoms with Crippen LogP contribution in [0.1, 0.15) is 24.7 Å². The van der Waals surface area contributed by atoms with Crippen LogP contribution in [0.2, 0.25) is 0 Å². The molecule has 3 aromatic heterocycles. The first-order valence-corrected chi connectivity index (χ1v) is 10.6. The van der Waals surface area contributed by atoms with Gasteiger partial charge in [-0.3, -0.25) is 4.57 Å². The second-order valence-corrected chi connectivity index (χ2v) is 7.85. The summed E-state index contributed by atoms with van der Waals surface area (Å²) in [6.07, 6.45) is 0.995. The van der Waals surface area contributed by atoms with E-state index < -0.39 is 0 Å². The summed E-state index contributed by atoms with van der Waals surface area (Å²) in [6.45, 7) is 3.66. The Balaban J connectivity index is 1.61. The van der Waals surface area contributed by atoms with Gasteiger partial charge < -0.3 is 0 Å². The lowest BCUT2D eigenvalue weighted by atomic mass is 10.2. The van der Waals surface area contributed by atoms with Crippen LogP contribution in [0.5, 0.6) is 0 Å². The number of nitrogens with zero attached hydrogens (tertiary/aromatic N) is 7. The van der Waals surface area contributed by atoms with E-state index in [0.29, 0.717) is 5.75 Å². The van der Waals surface area contributed by atoms with Crippen molar-refractivity contribution in [1.82, 2.24) is 35.0 Å². The van der Waals surface area contributed by atoms with Crippen molar-refractivity contribution < 1.29 is 0 Å². The number of benzene rings is 1. The fraction of sp³-hybridized carbons (Fsp3) is 0.278. The average Bonchev–Trinajstić information content (AvgIpc) is 3.43. The minimum atomic E-state index is 0.657. The zero-order valence-electron chi connectivity index (χ0n) is 14.9. The molecule has 0 bridgehead atoms. The molecule has 0 aliphatic heterocycles. The van der Waals surface area contributed by atoms with Crippen molar-refractivity contribution >= 4 is 23.1 Å². The summed E-state index contributed by atoms with van der Waals surface area (Å²) in [5.41, 5.74) is 1.22. The smallest absolute Gasteiger partial charge is 0.192 e. The zero-order valence-corrected chi connectivity index (χ0v) is 16.5. The Morgan fingerprint density at radius 1 is 1.04 bits per heavy atom. The molecule has 3 heterocycles. The Morgan fingerprint density at radius 3 is 2.70 bits per heavy atom. The molecule has 0 saturated heterocycles. The van der Waals surface area contributed by atoms with E-state index in [2.05, 4.69) is 72.9 Å². The first kappa shape index (κ1) is 17.9. The van der Waals surface area contributed by atoms with Crippen molar-refractivity contribution in [2.45, 2.75) is 37.3 Å². The van der Waals surface area contributed by atoms with Crippen LogP contribution < -0.4 is 0 Å². The van der Waals surface area contributed by atoms with Crippen LogP contribution in [0.25, 0.3) is 10.7 Å².